The number of nitrogens with one attached hydrogen (secondary N) is 3. The van der Waals surface area contributed by atoms with E-state index in [0.717, 1.165) is 11.1 Å². The van der Waals surface area contributed by atoms with Crippen LogP contribution in [0.4, 0.5) is 0 Å². The van der Waals surface area contributed by atoms with Gasteiger partial charge in [0, 0.05) is 18.0 Å². The topological polar surface area (TPSA) is 86.6 Å². The maximum absolute atomic E-state index is 12.5. The van der Waals surface area contributed by atoms with Crippen molar-refractivity contribution in [2.45, 2.75) is 46.7 Å². The predicted octanol–water partition coefficient (Wildman–Crippen LogP) is 3.44. The smallest absolute Gasteiger partial charge is 0.255 e. The van der Waals surface area contributed by atoms with Gasteiger partial charge in [-0.25, -0.2) is 4.99 Å². The highest BCUT2D eigenvalue weighted by molar-refractivity contribution is 6.20. The van der Waals surface area contributed by atoms with Crippen molar-refractivity contribution in [2.24, 2.45) is 4.99 Å². The van der Waals surface area contributed by atoms with Gasteiger partial charge in [0.15, 0.2) is 0 Å². The third-order valence-corrected chi connectivity index (χ3v) is 3.73. The first-order valence-electron chi connectivity index (χ1n) is 8.86. The van der Waals surface area contributed by atoms with Crippen molar-refractivity contribution in [1.82, 2.24) is 10.6 Å². The number of rotatable bonds is 8. The zero-order valence-corrected chi connectivity index (χ0v) is 17.0. The Balaban J connectivity index is 2.95. The molecule has 0 saturated heterocycles. The highest BCUT2D eigenvalue weighted by atomic mass is 16.5. The molecule has 1 unspecified atom stereocenters. The van der Waals surface area contributed by atoms with Crippen LogP contribution in [0.25, 0.3) is 5.70 Å². The Morgan fingerprint density at radius 2 is 2.00 bits per heavy atom. The van der Waals surface area contributed by atoms with E-state index >= 15 is 0 Å². The summed E-state index contributed by atoms with van der Waals surface area (Å²) in [6, 6.07) is 7.53. The number of methoxy groups -OCH3 is 1. The van der Waals surface area contributed by atoms with Crippen molar-refractivity contribution in [2.75, 3.05) is 7.11 Å². The highest BCUT2D eigenvalue weighted by Crippen LogP contribution is 2.16. The zero-order chi connectivity index (χ0) is 20.6. The molecular weight excluding hydrogens is 340 g/mol. The number of hydrogen-bond donors (Lipinski definition) is 3. The maximum Gasteiger partial charge on any atom is 0.255 e. The number of hydrogen-bond acceptors (Lipinski definition) is 5. The molecule has 1 atom stereocenters. The lowest BCUT2D eigenvalue weighted by Gasteiger charge is -2.17. The number of aliphatic imine (C=N–C) groups is 1. The quantitative estimate of drug-likeness (QED) is 0.372. The van der Waals surface area contributed by atoms with Gasteiger partial charge in [0.1, 0.15) is 6.04 Å². The minimum absolute atomic E-state index is 0.165. The minimum Gasteiger partial charge on any atom is -0.483 e. The molecule has 0 aromatic heterocycles. The van der Waals surface area contributed by atoms with E-state index in [4.69, 9.17) is 10.1 Å². The van der Waals surface area contributed by atoms with Crippen LogP contribution in [0.3, 0.4) is 0 Å². The second kappa shape index (κ2) is 10.3. The van der Waals surface area contributed by atoms with Gasteiger partial charge in [-0.05, 0) is 46.2 Å². The molecule has 0 radical (unpaired) electrons. The van der Waals surface area contributed by atoms with Crippen LogP contribution in [0.2, 0.25) is 0 Å². The van der Waals surface area contributed by atoms with Crippen LogP contribution >= 0.6 is 0 Å². The molecule has 0 bridgehead atoms. The minimum atomic E-state index is -0.481. The predicted molar refractivity (Wildman–Crippen MR) is 112 cm³/mol. The zero-order valence-electron chi connectivity index (χ0n) is 17.0. The molecule has 6 nitrogen and oxygen atoms in total. The lowest BCUT2D eigenvalue weighted by Crippen LogP contribution is -2.41. The van der Waals surface area contributed by atoms with Crippen molar-refractivity contribution in [3.63, 3.8) is 0 Å². The molecule has 0 aliphatic rings. The standard InChI is InChI=1S/C21H30N4O2/c1-13(2)23-12-19(15(4)22)20(26)24-17(6)21(27-7)25-16(5)18-10-8-9-14(3)11-18/h8-13,17,22-23H,5H2,1-4,6-7H3,(H,24,26)/b19-12+,22-15?,25-21-. The summed E-state index contributed by atoms with van der Waals surface area (Å²) in [6.07, 6.45) is 1.56. The summed E-state index contributed by atoms with van der Waals surface area (Å²) in [5.74, 6) is -0.0253. The van der Waals surface area contributed by atoms with Gasteiger partial charge in [-0.3, -0.25) is 4.79 Å². The van der Waals surface area contributed by atoms with Gasteiger partial charge in [-0.2, -0.15) is 0 Å². The molecule has 1 aromatic carbocycles. The van der Waals surface area contributed by atoms with Gasteiger partial charge < -0.3 is 20.8 Å². The monoisotopic (exact) mass is 370 g/mol. The Bertz CT molecular complexity index is 763. The molecule has 0 heterocycles. The maximum atomic E-state index is 12.5. The molecule has 1 rings (SSSR count). The van der Waals surface area contributed by atoms with E-state index in [1.165, 1.54) is 7.11 Å². The third kappa shape index (κ3) is 7.09. The summed E-state index contributed by atoms with van der Waals surface area (Å²) >= 11 is 0. The summed E-state index contributed by atoms with van der Waals surface area (Å²) in [4.78, 5) is 17.0. The van der Waals surface area contributed by atoms with Crippen molar-refractivity contribution in [3.8, 4) is 0 Å². The average molecular weight is 370 g/mol. The summed E-state index contributed by atoms with van der Waals surface area (Å²) in [7, 11) is 1.50. The molecule has 3 N–H and O–H groups in total. The van der Waals surface area contributed by atoms with Gasteiger partial charge in [0.2, 0.25) is 5.90 Å². The molecule has 27 heavy (non-hydrogen) atoms. The van der Waals surface area contributed by atoms with Crippen LogP contribution in [-0.4, -0.2) is 36.7 Å². The van der Waals surface area contributed by atoms with Gasteiger partial charge >= 0.3 is 0 Å². The van der Waals surface area contributed by atoms with Gasteiger partial charge in [0.25, 0.3) is 5.91 Å². The van der Waals surface area contributed by atoms with Gasteiger partial charge in [0.05, 0.1) is 18.4 Å². The van der Waals surface area contributed by atoms with E-state index in [1.807, 2.05) is 45.0 Å². The summed E-state index contributed by atoms with van der Waals surface area (Å²) < 4.78 is 5.36. The molecule has 0 aliphatic heterocycles. The van der Waals surface area contributed by atoms with E-state index in [0.29, 0.717) is 11.6 Å². The fourth-order valence-corrected chi connectivity index (χ4v) is 2.27. The SMILES string of the molecule is C=C(/N=C(\OC)C(C)NC(=O)/C(=C/NC(C)C)C(C)=N)c1cccc(C)c1. The highest BCUT2D eigenvalue weighted by Gasteiger charge is 2.19. The third-order valence-electron chi connectivity index (χ3n) is 3.73. The van der Waals surface area contributed by atoms with Crippen molar-refractivity contribution >= 4 is 23.2 Å². The fraction of sp³-hybridized carbons (Fsp3) is 0.381. The first-order valence-corrected chi connectivity index (χ1v) is 8.86. The second-order valence-electron chi connectivity index (χ2n) is 6.67. The molecular formula is C21H30N4O2. The van der Waals surface area contributed by atoms with E-state index in [-0.39, 0.29) is 23.2 Å². The van der Waals surface area contributed by atoms with Crippen molar-refractivity contribution in [1.29, 1.82) is 5.41 Å². The largest absolute Gasteiger partial charge is 0.483 e. The number of carbonyl (C=O) groups is 1. The number of ether oxygens (including phenoxy) is 1. The number of benzene rings is 1. The Morgan fingerprint density at radius 3 is 2.52 bits per heavy atom. The lowest BCUT2D eigenvalue weighted by atomic mass is 10.1. The Kier molecular flexibility index (Phi) is 8.45. The van der Waals surface area contributed by atoms with Gasteiger partial charge in [-0.15, -0.1) is 0 Å². The molecule has 6 heteroatoms. The molecule has 1 aromatic rings. The first-order chi connectivity index (χ1) is 12.6. The van der Waals surface area contributed by atoms with Gasteiger partial charge in [-0.1, -0.05) is 30.3 Å². The first kappa shape index (κ1) is 22.2. The van der Waals surface area contributed by atoms with E-state index in [9.17, 15) is 4.79 Å². The Morgan fingerprint density at radius 1 is 1.33 bits per heavy atom. The fourth-order valence-electron chi connectivity index (χ4n) is 2.27. The van der Waals surface area contributed by atoms with Crippen LogP contribution < -0.4 is 10.6 Å². The Labute approximate surface area is 161 Å². The molecule has 146 valence electrons. The van der Waals surface area contributed by atoms with E-state index in [1.54, 1.807) is 20.0 Å². The molecule has 0 aliphatic carbocycles. The number of amides is 1. The van der Waals surface area contributed by atoms with E-state index < -0.39 is 6.04 Å². The molecule has 0 saturated carbocycles. The molecule has 1 amide bonds. The van der Waals surface area contributed by atoms with Crippen LogP contribution in [0.5, 0.6) is 0 Å². The number of aryl methyl sites for hydroxylation is 1. The lowest BCUT2D eigenvalue weighted by molar-refractivity contribution is -0.117. The normalized spacial score (nSPS) is 13.1. The van der Waals surface area contributed by atoms with Crippen molar-refractivity contribution < 1.29 is 9.53 Å². The van der Waals surface area contributed by atoms with Crippen LogP contribution in [0.15, 0.2) is 47.6 Å². The number of carbonyl (C=O) groups excluding carboxylic acids is 1. The average Bonchev–Trinajstić information content (AvgIpc) is 2.58. The van der Waals surface area contributed by atoms with Crippen LogP contribution in [-0.2, 0) is 9.53 Å². The molecule has 0 fully saturated rings. The van der Waals surface area contributed by atoms with Crippen LogP contribution in [0, 0.1) is 12.3 Å². The summed E-state index contributed by atoms with van der Waals surface area (Å²) in [5, 5.41) is 13.7. The molecule has 0 spiro atoms. The Hall–Kier alpha value is -2.89. The van der Waals surface area contributed by atoms with E-state index in [2.05, 4.69) is 22.2 Å². The summed E-state index contributed by atoms with van der Waals surface area (Å²) in [6.45, 7) is 13.3. The van der Waals surface area contributed by atoms with Crippen LogP contribution in [0.1, 0.15) is 38.8 Å². The summed E-state index contributed by atoms with van der Waals surface area (Å²) in [5.41, 5.74) is 2.99. The number of nitrogens with zero attached hydrogens (tertiary/aromatic N) is 1. The van der Waals surface area contributed by atoms with Crippen molar-refractivity contribution in [3.05, 3.63) is 53.7 Å². The second-order valence-corrected chi connectivity index (χ2v) is 6.67.